The summed E-state index contributed by atoms with van der Waals surface area (Å²) < 4.78 is 1.96. The fraction of sp³-hybridized carbons (Fsp3) is 0.190. The molecule has 0 bridgehead atoms. The Hall–Kier alpha value is -3.44. The smallest absolute Gasteiger partial charge is 0.209 e. The van der Waals surface area contributed by atoms with Gasteiger partial charge in [0, 0.05) is 12.3 Å². The maximum atomic E-state index is 8.91. The molecule has 0 radical (unpaired) electrons. The predicted molar refractivity (Wildman–Crippen MR) is 111 cm³/mol. The molecule has 4 aromatic rings. The van der Waals surface area contributed by atoms with E-state index in [0.717, 1.165) is 28.5 Å². The van der Waals surface area contributed by atoms with Crippen LogP contribution in [0.3, 0.4) is 0 Å². The third-order valence-corrected chi connectivity index (χ3v) is 5.59. The Balaban J connectivity index is 1.54. The second-order valence-corrected chi connectivity index (χ2v) is 7.37. The van der Waals surface area contributed by atoms with Crippen molar-refractivity contribution < 1.29 is 0 Å². The number of aryl methyl sites for hydroxylation is 1. The van der Waals surface area contributed by atoms with Gasteiger partial charge in [0.05, 0.1) is 29.9 Å². The summed E-state index contributed by atoms with van der Waals surface area (Å²) in [6, 6.07) is 19.8. The fourth-order valence-corrected chi connectivity index (χ4v) is 4.02. The van der Waals surface area contributed by atoms with E-state index in [2.05, 4.69) is 45.6 Å². The van der Waals surface area contributed by atoms with E-state index >= 15 is 0 Å². The highest BCUT2D eigenvalue weighted by molar-refractivity contribution is 7.98. The molecule has 0 saturated heterocycles. The average molecular weight is 401 g/mol. The standard InChI is InChI=1S/C21H19N7S/c1-2-27-21(29-15-18-6-4-3-5-7-18)19(13-23-27)20-24-26-28(25-20)14-17-10-8-16(12-22)9-11-17/h3-11,13H,2,14-15H2,1H3. The van der Waals surface area contributed by atoms with Crippen molar-refractivity contribution in [1.29, 1.82) is 5.26 Å². The van der Waals surface area contributed by atoms with Gasteiger partial charge in [-0.2, -0.15) is 15.2 Å². The van der Waals surface area contributed by atoms with Crippen molar-refractivity contribution in [2.45, 2.75) is 30.8 Å². The molecule has 144 valence electrons. The molecule has 0 amide bonds. The highest BCUT2D eigenvalue weighted by atomic mass is 32.2. The van der Waals surface area contributed by atoms with Gasteiger partial charge in [-0.25, -0.2) is 0 Å². The van der Waals surface area contributed by atoms with Gasteiger partial charge in [0.2, 0.25) is 5.82 Å². The lowest BCUT2D eigenvalue weighted by atomic mass is 10.1. The molecule has 2 heterocycles. The molecule has 29 heavy (non-hydrogen) atoms. The summed E-state index contributed by atoms with van der Waals surface area (Å²) in [6.07, 6.45) is 1.81. The number of benzene rings is 2. The van der Waals surface area contributed by atoms with Crippen LogP contribution in [0.5, 0.6) is 0 Å². The van der Waals surface area contributed by atoms with E-state index in [9.17, 15) is 0 Å². The molecule has 0 aliphatic carbocycles. The van der Waals surface area contributed by atoms with Crippen molar-refractivity contribution in [3.05, 3.63) is 77.5 Å². The number of hydrogen-bond acceptors (Lipinski definition) is 6. The number of nitrogens with zero attached hydrogens (tertiary/aromatic N) is 7. The second kappa shape index (κ2) is 8.71. The summed E-state index contributed by atoms with van der Waals surface area (Å²) in [6.45, 7) is 3.34. The molecule has 4 rings (SSSR count). The van der Waals surface area contributed by atoms with Crippen LogP contribution in [-0.2, 0) is 18.8 Å². The minimum absolute atomic E-state index is 0.493. The van der Waals surface area contributed by atoms with Gasteiger partial charge in [-0.05, 0) is 35.4 Å². The molecule has 0 aliphatic heterocycles. The van der Waals surface area contributed by atoms with E-state index in [1.165, 1.54) is 5.56 Å². The number of nitriles is 1. The Morgan fingerprint density at radius 1 is 1.03 bits per heavy atom. The van der Waals surface area contributed by atoms with Crippen molar-refractivity contribution in [3.63, 3.8) is 0 Å². The van der Waals surface area contributed by atoms with Crippen LogP contribution in [0.25, 0.3) is 11.4 Å². The molecular weight excluding hydrogens is 382 g/mol. The van der Waals surface area contributed by atoms with Gasteiger partial charge in [0.15, 0.2) is 0 Å². The molecule has 0 fully saturated rings. The summed E-state index contributed by atoms with van der Waals surface area (Å²) in [7, 11) is 0. The lowest BCUT2D eigenvalue weighted by Crippen LogP contribution is -2.04. The van der Waals surface area contributed by atoms with Crippen molar-refractivity contribution in [1.82, 2.24) is 30.0 Å². The Morgan fingerprint density at radius 2 is 1.83 bits per heavy atom. The van der Waals surface area contributed by atoms with Gasteiger partial charge < -0.3 is 0 Å². The number of thioether (sulfide) groups is 1. The van der Waals surface area contributed by atoms with Crippen molar-refractivity contribution in [2.24, 2.45) is 0 Å². The molecule has 2 aromatic heterocycles. The van der Waals surface area contributed by atoms with E-state index in [1.54, 1.807) is 34.9 Å². The largest absolute Gasteiger partial charge is 0.259 e. The zero-order valence-electron chi connectivity index (χ0n) is 15.9. The normalized spacial score (nSPS) is 10.8. The number of aromatic nitrogens is 6. The zero-order valence-corrected chi connectivity index (χ0v) is 16.8. The number of rotatable bonds is 7. The summed E-state index contributed by atoms with van der Waals surface area (Å²) in [5.41, 5.74) is 3.78. The van der Waals surface area contributed by atoms with Gasteiger partial charge >= 0.3 is 0 Å². The minimum Gasteiger partial charge on any atom is -0.259 e. The van der Waals surface area contributed by atoms with Crippen LogP contribution in [0.15, 0.2) is 65.8 Å². The van der Waals surface area contributed by atoms with Crippen LogP contribution in [0.4, 0.5) is 0 Å². The second-order valence-electron chi connectivity index (χ2n) is 6.41. The summed E-state index contributed by atoms with van der Waals surface area (Å²) in [5, 5.41) is 27.4. The molecule has 0 unspecified atom stereocenters. The molecule has 0 saturated carbocycles. The quantitative estimate of drug-likeness (QED) is 0.438. The van der Waals surface area contributed by atoms with Crippen molar-refractivity contribution in [2.75, 3.05) is 0 Å². The maximum absolute atomic E-state index is 8.91. The molecule has 0 aliphatic rings. The molecule has 2 aromatic carbocycles. The Kier molecular flexibility index (Phi) is 5.68. The summed E-state index contributed by atoms with van der Waals surface area (Å²) in [4.78, 5) is 1.56. The number of hydrogen-bond donors (Lipinski definition) is 0. The Bertz CT molecular complexity index is 1120. The lowest BCUT2D eigenvalue weighted by molar-refractivity contribution is 0.572. The van der Waals surface area contributed by atoms with Gasteiger partial charge in [-0.1, -0.05) is 42.5 Å². The average Bonchev–Trinajstić information content (AvgIpc) is 3.40. The van der Waals surface area contributed by atoms with E-state index in [4.69, 9.17) is 5.26 Å². The van der Waals surface area contributed by atoms with E-state index in [1.807, 2.05) is 35.0 Å². The fourth-order valence-electron chi connectivity index (χ4n) is 2.90. The third kappa shape index (κ3) is 4.36. The van der Waals surface area contributed by atoms with Gasteiger partial charge in [-0.15, -0.1) is 22.0 Å². The molecule has 0 atom stereocenters. The van der Waals surface area contributed by atoms with Crippen LogP contribution >= 0.6 is 11.8 Å². The SMILES string of the molecule is CCn1ncc(-c2nnn(Cc3ccc(C#N)cc3)n2)c1SCc1ccccc1. The maximum Gasteiger partial charge on any atom is 0.209 e. The van der Waals surface area contributed by atoms with Crippen LogP contribution in [0.2, 0.25) is 0 Å². The van der Waals surface area contributed by atoms with Gasteiger partial charge in [0.25, 0.3) is 0 Å². The third-order valence-electron chi connectivity index (χ3n) is 4.41. The Labute approximate surface area is 173 Å². The highest BCUT2D eigenvalue weighted by Gasteiger charge is 2.17. The minimum atomic E-state index is 0.493. The van der Waals surface area contributed by atoms with Gasteiger partial charge in [0.1, 0.15) is 5.03 Å². The van der Waals surface area contributed by atoms with Crippen LogP contribution < -0.4 is 0 Å². The van der Waals surface area contributed by atoms with Crippen molar-refractivity contribution >= 4 is 11.8 Å². The first-order valence-electron chi connectivity index (χ1n) is 9.26. The van der Waals surface area contributed by atoms with Crippen LogP contribution in [0.1, 0.15) is 23.6 Å². The Morgan fingerprint density at radius 3 is 2.55 bits per heavy atom. The molecule has 0 N–H and O–H groups in total. The van der Waals surface area contributed by atoms with Crippen LogP contribution in [0, 0.1) is 11.3 Å². The number of tetrazole rings is 1. The molecular formula is C21H19N7S. The van der Waals surface area contributed by atoms with Gasteiger partial charge in [-0.3, -0.25) is 4.68 Å². The summed E-state index contributed by atoms with van der Waals surface area (Å²) >= 11 is 1.72. The lowest BCUT2D eigenvalue weighted by Gasteiger charge is -2.06. The van der Waals surface area contributed by atoms with Crippen LogP contribution in [-0.4, -0.2) is 30.0 Å². The summed E-state index contributed by atoms with van der Waals surface area (Å²) in [5.74, 6) is 1.41. The highest BCUT2D eigenvalue weighted by Crippen LogP contribution is 2.31. The first kappa shape index (κ1) is 18.9. The predicted octanol–water partition coefficient (Wildman–Crippen LogP) is 3.77. The van der Waals surface area contributed by atoms with E-state index in [0.29, 0.717) is 17.9 Å². The monoisotopic (exact) mass is 401 g/mol. The van der Waals surface area contributed by atoms with E-state index in [-0.39, 0.29) is 0 Å². The molecule has 0 spiro atoms. The van der Waals surface area contributed by atoms with Crippen molar-refractivity contribution in [3.8, 4) is 17.5 Å². The first-order chi connectivity index (χ1) is 14.3. The molecule has 7 nitrogen and oxygen atoms in total. The molecule has 8 heteroatoms. The van der Waals surface area contributed by atoms with E-state index < -0.39 is 0 Å². The zero-order chi connectivity index (χ0) is 20.1. The first-order valence-corrected chi connectivity index (χ1v) is 10.2. The topological polar surface area (TPSA) is 85.2 Å².